The van der Waals surface area contributed by atoms with Crippen molar-refractivity contribution in [3.63, 3.8) is 0 Å². The van der Waals surface area contributed by atoms with Crippen molar-refractivity contribution in [1.82, 2.24) is 29.7 Å². The molecule has 0 saturated carbocycles. The highest BCUT2D eigenvalue weighted by atomic mass is 32.2. The number of rotatable bonds is 9. The number of hydrogen-bond donors (Lipinski definition) is 1. The molecule has 176 valence electrons. The molecule has 4 rings (SSSR count). The Balaban J connectivity index is 1.65. The molecule has 34 heavy (non-hydrogen) atoms. The number of nitrogen functional groups attached to an aromatic ring is 1. The minimum Gasteiger partial charge on any atom is -0.497 e. The first-order valence-electron chi connectivity index (χ1n) is 10.9. The van der Waals surface area contributed by atoms with E-state index in [0.717, 1.165) is 35.3 Å². The van der Waals surface area contributed by atoms with Crippen molar-refractivity contribution >= 4 is 23.7 Å². The summed E-state index contributed by atoms with van der Waals surface area (Å²) in [6, 6.07) is 18.2. The number of thioether (sulfide) groups is 1. The van der Waals surface area contributed by atoms with Gasteiger partial charge in [0.2, 0.25) is 11.9 Å². The van der Waals surface area contributed by atoms with Crippen LogP contribution in [0, 0.1) is 0 Å². The van der Waals surface area contributed by atoms with Gasteiger partial charge in [-0.15, -0.1) is 10.2 Å². The zero-order valence-electron chi connectivity index (χ0n) is 19.7. The minimum absolute atomic E-state index is 0.104. The minimum atomic E-state index is -0.104. The van der Waals surface area contributed by atoms with Crippen LogP contribution in [-0.4, -0.2) is 50.9 Å². The number of methoxy groups -OCH3 is 1. The summed E-state index contributed by atoms with van der Waals surface area (Å²) >= 11 is 1.55. The molecule has 4 aromatic rings. The second kappa shape index (κ2) is 10.5. The Morgan fingerprint density at radius 2 is 1.74 bits per heavy atom. The van der Waals surface area contributed by atoms with Gasteiger partial charge >= 0.3 is 0 Å². The first-order valence-corrected chi connectivity index (χ1v) is 11.8. The van der Waals surface area contributed by atoms with Crippen LogP contribution in [0.3, 0.4) is 0 Å². The molecule has 9 nitrogen and oxygen atoms in total. The van der Waals surface area contributed by atoms with Gasteiger partial charge in [-0.1, -0.05) is 42.1 Å². The standard InChI is InChI=1S/C24H28N8OS/c1-16(20-26-22(25)28-23(27-20)31(2)3)34-24-30-29-21(18-10-12-19(33-4)13-11-18)32(24)15-14-17-8-6-5-7-9-17/h5-13,16H,14-15H2,1-4H3,(H2,25,26,27,28). The lowest BCUT2D eigenvalue weighted by molar-refractivity contribution is 0.415. The van der Waals surface area contributed by atoms with E-state index in [1.807, 2.05) is 56.3 Å². The normalized spacial score (nSPS) is 11.9. The summed E-state index contributed by atoms with van der Waals surface area (Å²) in [4.78, 5) is 14.9. The van der Waals surface area contributed by atoms with Crippen molar-refractivity contribution in [2.45, 2.75) is 30.3 Å². The Hall–Kier alpha value is -3.66. The Morgan fingerprint density at radius 1 is 1.00 bits per heavy atom. The van der Waals surface area contributed by atoms with Crippen LogP contribution in [0.4, 0.5) is 11.9 Å². The molecule has 2 aromatic heterocycles. The van der Waals surface area contributed by atoms with Crippen LogP contribution in [-0.2, 0) is 13.0 Å². The number of nitrogens with zero attached hydrogens (tertiary/aromatic N) is 7. The second-order valence-corrected chi connectivity index (χ2v) is 9.24. The average molecular weight is 477 g/mol. The van der Waals surface area contributed by atoms with Crippen molar-refractivity contribution in [1.29, 1.82) is 0 Å². The van der Waals surface area contributed by atoms with E-state index < -0.39 is 0 Å². The maximum absolute atomic E-state index is 5.93. The number of ether oxygens (including phenoxy) is 1. The maximum atomic E-state index is 5.93. The molecule has 2 heterocycles. The highest BCUT2D eigenvalue weighted by molar-refractivity contribution is 7.99. The fourth-order valence-electron chi connectivity index (χ4n) is 3.41. The van der Waals surface area contributed by atoms with E-state index in [-0.39, 0.29) is 11.2 Å². The van der Waals surface area contributed by atoms with Crippen molar-refractivity contribution in [3.05, 3.63) is 66.0 Å². The second-order valence-electron chi connectivity index (χ2n) is 7.93. The van der Waals surface area contributed by atoms with Gasteiger partial charge in [-0.2, -0.15) is 15.0 Å². The summed E-state index contributed by atoms with van der Waals surface area (Å²) in [5.41, 5.74) is 8.16. The highest BCUT2D eigenvalue weighted by Crippen LogP contribution is 2.35. The molecule has 0 bridgehead atoms. The number of nitrogens with two attached hydrogens (primary N) is 1. The van der Waals surface area contributed by atoms with Crippen LogP contribution >= 0.6 is 11.8 Å². The Bertz CT molecular complexity index is 1230. The van der Waals surface area contributed by atoms with Gasteiger partial charge in [-0.3, -0.25) is 0 Å². The fourth-order valence-corrected chi connectivity index (χ4v) is 4.33. The molecule has 0 amide bonds. The van der Waals surface area contributed by atoms with Crippen LogP contribution < -0.4 is 15.4 Å². The summed E-state index contributed by atoms with van der Waals surface area (Å²) < 4.78 is 7.45. The van der Waals surface area contributed by atoms with Crippen molar-refractivity contribution < 1.29 is 4.74 Å². The first-order chi connectivity index (χ1) is 16.4. The fraction of sp³-hybridized carbons (Fsp3) is 0.292. The van der Waals surface area contributed by atoms with Gasteiger partial charge < -0.3 is 19.9 Å². The summed E-state index contributed by atoms with van der Waals surface area (Å²) in [5.74, 6) is 2.93. The Morgan fingerprint density at radius 3 is 2.41 bits per heavy atom. The lowest BCUT2D eigenvalue weighted by atomic mass is 10.1. The third kappa shape index (κ3) is 5.45. The third-order valence-electron chi connectivity index (χ3n) is 5.24. The number of anilines is 2. The van der Waals surface area contributed by atoms with E-state index in [1.54, 1.807) is 18.9 Å². The summed E-state index contributed by atoms with van der Waals surface area (Å²) in [6.07, 6.45) is 0.855. The summed E-state index contributed by atoms with van der Waals surface area (Å²) in [6.45, 7) is 2.76. The van der Waals surface area contributed by atoms with E-state index in [2.05, 4.69) is 54.0 Å². The molecule has 0 aliphatic heterocycles. The Kier molecular flexibility index (Phi) is 7.27. The predicted molar refractivity (Wildman–Crippen MR) is 135 cm³/mol. The van der Waals surface area contributed by atoms with Crippen molar-refractivity contribution in [2.24, 2.45) is 0 Å². The zero-order chi connectivity index (χ0) is 24.1. The molecular weight excluding hydrogens is 448 g/mol. The SMILES string of the molecule is COc1ccc(-c2nnc(SC(C)c3nc(N)nc(N(C)C)n3)n2CCc2ccccc2)cc1. The van der Waals surface area contributed by atoms with E-state index in [9.17, 15) is 0 Å². The molecule has 0 radical (unpaired) electrons. The third-order valence-corrected chi connectivity index (χ3v) is 6.31. The average Bonchev–Trinajstić information content (AvgIpc) is 3.25. The molecule has 0 fully saturated rings. The molecule has 1 atom stereocenters. The van der Waals surface area contributed by atoms with Gasteiger partial charge in [0.15, 0.2) is 11.0 Å². The highest BCUT2D eigenvalue weighted by Gasteiger charge is 2.21. The summed E-state index contributed by atoms with van der Waals surface area (Å²) in [7, 11) is 5.40. The molecule has 10 heteroatoms. The quantitative estimate of drug-likeness (QED) is 0.360. The number of aromatic nitrogens is 6. The van der Waals surface area contributed by atoms with Crippen LogP contribution in [0.25, 0.3) is 11.4 Å². The smallest absolute Gasteiger partial charge is 0.229 e. The number of benzene rings is 2. The van der Waals surface area contributed by atoms with Crippen LogP contribution in [0.1, 0.15) is 23.6 Å². The summed E-state index contributed by atoms with van der Waals surface area (Å²) in [5, 5.41) is 9.74. The maximum Gasteiger partial charge on any atom is 0.229 e. The zero-order valence-corrected chi connectivity index (χ0v) is 20.5. The molecule has 2 N–H and O–H groups in total. The van der Waals surface area contributed by atoms with Crippen LogP contribution in [0.15, 0.2) is 59.8 Å². The molecule has 1 unspecified atom stereocenters. The largest absolute Gasteiger partial charge is 0.497 e. The van der Waals surface area contributed by atoms with Gasteiger partial charge in [0.05, 0.1) is 12.4 Å². The van der Waals surface area contributed by atoms with Crippen LogP contribution in [0.5, 0.6) is 5.75 Å². The first kappa shape index (κ1) is 23.5. The Labute approximate surface area is 203 Å². The van der Waals surface area contributed by atoms with Gasteiger partial charge in [0.1, 0.15) is 11.6 Å². The predicted octanol–water partition coefficient (Wildman–Crippen LogP) is 3.88. The molecule has 0 saturated heterocycles. The van der Waals surface area contributed by atoms with Crippen LogP contribution in [0.2, 0.25) is 0 Å². The van der Waals surface area contributed by atoms with Gasteiger partial charge in [-0.05, 0) is 43.2 Å². The molecule has 0 aliphatic carbocycles. The number of aryl methyl sites for hydroxylation is 1. The van der Waals surface area contributed by atoms with E-state index >= 15 is 0 Å². The van der Waals surface area contributed by atoms with E-state index in [4.69, 9.17) is 10.5 Å². The monoisotopic (exact) mass is 476 g/mol. The topological polar surface area (TPSA) is 108 Å². The van der Waals surface area contributed by atoms with Gasteiger partial charge in [0, 0.05) is 26.2 Å². The lowest BCUT2D eigenvalue weighted by Crippen LogP contribution is -2.16. The molecule has 2 aromatic carbocycles. The lowest BCUT2D eigenvalue weighted by Gasteiger charge is -2.15. The molecule has 0 aliphatic rings. The van der Waals surface area contributed by atoms with E-state index in [0.29, 0.717) is 11.8 Å². The molecular formula is C24H28N8OS. The van der Waals surface area contributed by atoms with Crippen molar-refractivity contribution in [2.75, 3.05) is 31.8 Å². The van der Waals surface area contributed by atoms with Crippen molar-refractivity contribution in [3.8, 4) is 17.1 Å². The molecule has 0 spiro atoms. The van der Waals surface area contributed by atoms with Gasteiger partial charge in [0.25, 0.3) is 0 Å². The number of hydrogen-bond acceptors (Lipinski definition) is 9. The van der Waals surface area contributed by atoms with Gasteiger partial charge in [-0.25, -0.2) is 0 Å². The van der Waals surface area contributed by atoms with E-state index in [1.165, 1.54) is 5.56 Å².